The maximum absolute atomic E-state index is 12.3. The molecule has 1 aromatic carbocycles. The number of benzene rings is 1. The second-order valence-electron chi connectivity index (χ2n) is 4.99. The first kappa shape index (κ1) is 13.5. The van der Waals surface area contributed by atoms with Gasteiger partial charge in [0.05, 0.1) is 0 Å². The van der Waals surface area contributed by atoms with Gasteiger partial charge in [0.15, 0.2) is 0 Å². The fourth-order valence-electron chi connectivity index (χ4n) is 2.39. The third-order valence-electron chi connectivity index (χ3n) is 3.44. The third kappa shape index (κ3) is 2.41. The van der Waals surface area contributed by atoms with Gasteiger partial charge >= 0.3 is 0 Å². The predicted molar refractivity (Wildman–Crippen MR) is 83.3 cm³/mol. The summed E-state index contributed by atoms with van der Waals surface area (Å²) in [6.45, 7) is 2.88. The van der Waals surface area contributed by atoms with Crippen LogP contribution in [0, 0.1) is 6.92 Å². The Morgan fingerprint density at radius 2 is 2.05 bits per heavy atom. The summed E-state index contributed by atoms with van der Waals surface area (Å²) in [6, 6.07) is 9.18. The highest BCUT2D eigenvalue weighted by molar-refractivity contribution is 7.94. The van der Waals surface area contributed by atoms with E-state index in [-0.39, 0.29) is 0 Å². The van der Waals surface area contributed by atoms with Crippen molar-refractivity contribution >= 4 is 32.7 Å². The summed E-state index contributed by atoms with van der Waals surface area (Å²) in [4.78, 5) is 3.16. The van der Waals surface area contributed by atoms with Crippen LogP contribution in [0.5, 0.6) is 0 Å². The Morgan fingerprint density at radius 1 is 1.25 bits per heavy atom. The molecule has 4 nitrogen and oxygen atoms in total. The molecule has 6 heteroatoms. The number of sulfonamides is 1. The number of fused-ring (bicyclic) bond motifs is 1. The lowest BCUT2D eigenvalue weighted by atomic mass is 10.1. The minimum Gasteiger partial charge on any atom is -0.374 e. The summed E-state index contributed by atoms with van der Waals surface area (Å²) in [7, 11) is -1.42. The zero-order valence-corrected chi connectivity index (χ0v) is 13.0. The first-order chi connectivity index (χ1) is 9.45. The highest BCUT2D eigenvalue weighted by Crippen LogP contribution is 2.30. The average molecular weight is 308 g/mol. The molecule has 3 rings (SSSR count). The molecule has 0 unspecified atom stereocenters. The van der Waals surface area contributed by atoms with Gasteiger partial charge in [0, 0.05) is 29.8 Å². The summed E-state index contributed by atoms with van der Waals surface area (Å²) in [6.07, 6.45) is 0.958. The fraction of sp³-hybridized carbons (Fsp3) is 0.286. The molecule has 0 atom stereocenters. The molecule has 1 aliphatic rings. The van der Waals surface area contributed by atoms with Gasteiger partial charge < -0.3 is 4.90 Å². The molecular formula is C14H16N2O2S2. The van der Waals surface area contributed by atoms with Crippen molar-refractivity contribution in [1.29, 1.82) is 0 Å². The van der Waals surface area contributed by atoms with Gasteiger partial charge in [-0.1, -0.05) is 0 Å². The van der Waals surface area contributed by atoms with Crippen LogP contribution in [0.1, 0.15) is 10.4 Å². The van der Waals surface area contributed by atoms with Crippen molar-refractivity contribution < 1.29 is 8.42 Å². The van der Waals surface area contributed by atoms with Gasteiger partial charge in [-0.2, -0.15) is 0 Å². The van der Waals surface area contributed by atoms with Gasteiger partial charge in [-0.3, -0.25) is 4.72 Å². The lowest BCUT2D eigenvalue weighted by Crippen LogP contribution is -2.13. The number of nitrogens with zero attached hydrogens (tertiary/aromatic N) is 1. The lowest BCUT2D eigenvalue weighted by Gasteiger charge is -2.12. The van der Waals surface area contributed by atoms with E-state index in [1.165, 1.54) is 22.6 Å². The maximum atomic E-state index is 12.3. The monoisotopic (exact) mass is 308 g/mol. The van der Waals surface area contributed by atoms with Crippen LogP contribution in [0.25, 0.3) is 0 Å². The van der Waals surface area contributed by atoms with Crippen molar-refractivity contribution in [3.63, 3.8) is 0 Å². The van der Waals surface area contributed by atoms with Crippen molar-refractivity contribution in [3.05, 3.63) is 40.8 Å². The van der Waals surface area contributed by atoms with E-state index < -0.39 is 10.0 Å². The number of anilines is 2. The summed E-state index contributed by atoms with van der Waals surface area (Å²) >= 11 is 1.28. The van der Waals surface area contributed by atoms with Crippen LogP contribution in [0.15, 0.2) is 34.5 Å². The standard InChI is InChI=1S/C14H16N2O2S2/c1-10-3-6-14(19-10)20(17,18)15-12-4-5-13-11(9-12)7-8-16(13)2/h3-6,9,15H,7-8H2,1-2H3. The van der Waals surface area contributed by atoms with Crippen molar-refractivity contribution in [1.82, 2.24) is 0 Å². The second-order valence-corrected chi connectivity index (χ2v) is 8.18. The van der Waals surface area contributed by atoms with Crippen molar-refractivity contribution in [2.45, 2.75) is 17.6 Å². The van der Waals surface area contributed by atoms with Gasteiger partial charge in [0.1, 0.15) is 4.21 Å². The van der Waals surface area contributed by atoms with E-state index in [0.29, 0.717) is 9.90 Å². The molecule has 1 N–H and O–H groups in total. The van der Waals surface area contributed by atoms with E-state index in [2.05, 4.69) is 9.62 Å². The average Bonchev–Trinajstić information content (AvgIpc) is 2.96. The number of rotatable bonds is 3. The largest absolute Gasteiger partial charge is 0.374 e. The van der Waals surface area contributed by atoms with Crippen LogP contribution < -0.4 is 9.62 Å². The predicted octanol–water partition coefficient (Wildman–Crippen LogP) is 2.85. The summed E-state index contributed by atoms with van der Waals surface area (Å²) in [5.74, 6) is 0. The Labute approximate surface area is 123 Å². The Hall–Kier alpha value is -1.53. The van der Waals surface area contributed by atoms with Crippen LogP contribution >= 0.6 is 11.3 Å². The molecule has 1 aliphatic heterocycles. The van der Waals surface area contributed by atoms with E-state index in [4.69, 9.17) is 0 Å². The number of hydrogen-bond acceptors (Lipinski definition) is 4. The molecule has 0 saturated heterocycles. The SMILES string of the molecule is Cc1ccc(S(=O)(=O)Nc2ccc3c(c2)CCN3C)s1. The topological polar surface area (TPSA) is 49.4 Å². The number of likely N-dealkylation sites (N-methyl/N-ethyl adjacent to an activating group) is 1. The quantitative estimate of drug-likeness (QED) is 0.948. The van der Waals surface area contributed by atoms with Crippen LogP contribution in [0.2, 0.25) is 0 Å². The number of hydrogen-bond donors (Lipinski definition) is 1. The Kier molecular flexibility index (Phi) is 3.22. The molecule has 0 fully saturated rings. The number of aryl methyl sites for hydroxylation is 1. The van der Waals surface area contributed by atoms with Crippen LogP contribution in [0.4, 0.5) is 11.4 Å². The van der Waals surface area contributed by atoms with E-state index in [1.807, 2.05) is 38.2 Å². The van der Waals surface area contributed by atoms with E-state index in [1.54, 1.807) is 6.07 Å². The van der Waals surface area contributed by atoms with E-state index in [0.717, 1.165) is 17.8 Å². The smallest absolute Gasteiger partial charge is 0.271 e. The molecule has 0 amide bonds. The zero-order valence-electron chi connectivity index (χ0n) is 11.4. The molecule has 106 valence electrons. The van der Waals surface area contributed by atoms with Gasteiger partial charge in [-0.05, 0) is 49.2 Å². The summed E-state index contributed by atoms with van der Waals surface area (Å²) in [5, 5.41) is 0. The first-order valence-electron chi connectivity index (χ1n) is 6.39. The first-order valence-corrected chi connectivity index (χ1v) is 8.69. The minimum atomic E-state index is -3.47. The Balaban J connectivity index is 1.88. The maximum Gasteiger partial charge on any atom is 0.271 e. The molecule has 1 aromatic heterocycles. The van der Waals surface area contributed by atoms with E-state index >= 15 is 0 Å². The van der Waals surface area contributed by atoms with Crippen LogP contribution in [-0.2, 0) is 16.4 Å². The highest BCUT2D eigenvalue weighted by Gasteiger charge is 2.19. The van der Waals surface area contributed by atoms with Gasteiger partial charge in [0.2, 0.25) is 0 Å². The molecular weight excluding hydrogens is 292 g/mol. The highest BCUT2D eigenvalue weighted by atomic mass is 32.2. The molecule has 2 heterocycles. The Morgan fingerprint density at radius 3 is 2.75 bits per heavy atom. The second kappa shape index (κ2) is 4.79. The Bertz CT molecular complexity index is 750. The molecule has 0 radical (unpaired) electrons. The van der Waals surface area contributed by atoms with Crippen LogP contribution in [-0.4, -0.2) is 22.0 Å². The molecule has 0 spiro atoms. The van der Waals surface area contributed by atoms with Crippen molar-refractivity contribution in [3.8, 4) is 0 Å². The fourth-order valence-corrected chi connectivity index (χ4v) is 4.72. The summed E-state index contributed by atoms with van der Waals surface area (Å²) < 4.78 is 27.5. The molecule has 2 aromatic rings. The minimum absolute atomic E-state index is 0.354. The van der Waals surface area contributed by atoms with Gasteiger partial charge in [0.25, 0.3) is 10.0 Å². The van der Waals surface area contributed by atoms with Crippen LogP contribution in [0.3, 0.4) is 0 Å². The molecule has 0 saturated carbocycles. The van der Waals surface area contributed by atoms with Gasteiger partial charge in [-0.15, -0.1) is 11.3 Å². The van der Waals surface area contributed by atoms with E-state index in [9.17, 15) is 8.42 Å². The third-order valence-corrected chi connectivity index (χ3v) is 6.31. The normalized spacial score (nSPS) is 14.4. The number of thiophene rings is 1. The molecule has 20 heavy (non-hydrogen) atoms. The number of nitrogens with one attached hydrogen (secondary N) is 1. The van der Waals surface area contributed by atoms with Crippen molar-refractivity contribution in [2.75, 3.05) is 23.2 Å². The van der Waals surface area contributed by atoms with Gasteiger partial charge in [-0.25, -0.2) is 8.42 Å². The lowest BCUT2D eigenvalue weighted by molar-refractivity contribution is 0.603. The molecule has 0 aliphatic carbocycles. The summed E-state index contributed by atoms with van der Waals surface area (Å²) in [5.41, 5.74) is 3.00. The van der Waals surface area contributed by atoms with Crippen molar-refractivity contribution in [2.24, 2.45) is 0 Å². The zero-order chi connectivity index (χ0) is 14.3. The molecule has 0 bridgehead atoms.